The van der Waals surface area contributed by atoms with Gasteiger partial charge in [-0.1, -0.05) is 6.92 Å². The van der Waals surface area contributed by atoms with Gasteiger partial charge in [-0.05, 0) is 30.2 Å². The van der Waals surface area contributed by atoms with Crippen LogP contribution in [0, 0.1) is 17.6 Å². The molecule has 24 heavy (non-hydrogen) atoms. The molecule has 0 saturated heterocycles. The lowest BCUT2D eigenvalue weighted by molar-refractivity contribution is -0.134. The summed E-state index contributed by atoms with van der Waals surface area (Å²) in [5, 5.41) is 20.1. The molecule has 0 spiro atoms. The lowest BCUT2D eigenvalue weighted by atomic mass is 10.1. The molecular formula is C15H13F3N2O4. The van der Waals surface area contributed by atoms with E-state index in [1.54, 1.807) is 6.92 Å². The molecule has 0 aliphatic carbocycles. The van der Waals surface area contributed by atoms with Gasteiger partial charge >= 0.3 is 5.97 Å². The minimum atomic E-state index is -1.65. The molecule has 0 amide bonds. The van der Waals surface area contributed by atoms with Gasteiger partial charge in [0.05, 0.1) is 0 Å². The number of aromatic hydroxyl groups is 1. The zero-order valence-corrected chi connectivity index (χ0v) is 12.4. The van der Waals surface area contributed by atoms with Crippen molar-refractivity contribution < 1.29 is 32.9 Å². The van der Waals surface area contributed by atoms with Crippen LogP contribution >= 0.6 is 0 Å². The highest BCUT2D eigenvalue weighted by molar-refractivity contribution is 5.72. The lowest BCUT2D eigenvalue weighted by Crippen LogP contribution is -2.15. The third kappa shape index (κ3) is 3.67. The van der Waals surface area contributed by atoms with Gasteiger partial charge in [-0.25, -0.2) is 0 Å². The molecule has 128 valence electrons. The van der Waals surface area contributed by atoms with Crippen LogP contribution in [0.4, 0.5) is 19.0 Å². The Morgan fingerprint density at radius 1 is 1.29 bits per heavy atom. The van der Waals surface area contributed by atoms with Crippen molar-refractivity contribution in [2.24, 2.45) is 0 Å². The number of nitrogens with one attached hydrogen (secondary N) is 1. The highest BCUT2D eigenvalue weighted by atomic mass is 19.2. The van der Waals surface area contributed by atoms with E-state index < -0.39 is 41.7 Å². The monoisotopic (exact) mass is 342 g/mol. The van der Waals surface area contributed by atoms with Crippen molar-refractivity contribution in [3.05, 3.63) is 41.3 Å². The van der Waals surface area contributed by atoms with Crippen LogP contribution in [0.1, 0.15) is 12.5 Å². The van der Waals surface area contributed by atoms with Crippen LogP contribution in [-0.2, 0) is 11.2 Å². The van der Waals surface area contributed by atoms with E-state index in [9.17, 15) is 23.1 Å². The Bertz CT molecular complexity index is 784. The van der Waals surface area contributed by atoms with E-state index in [-0.39, 0.29) is 11.5 Å². The molecule has 0 atom stereocenters. The number of aromatic nitrogens is 1. The van der Waals surface area contributed by atoms with Crippen LogP contribution in [0.25, 0.3) is 0 Å². The molecule has 0 saturated carbocycles. The van der Waals surface area contributed by atoms with E-state index in [0.29, 0.717) is 12.0 Å². The van der Waals surface area contributed by atoms with Crippen molar-refractivity contribution in [3.63, 3.8) is 0 Å². The van der Waals surface area contributed by atoms with Gasteiger partial charge in [-0.3, -0.25) is 4.79 Å². The number of pyridine rings is 1. The number of ether oxygens (including phenoxy) is 1. The lowest BCUT2D eigenvalue weighted by Gasteiger charge is -2.12. The molecule has 9 heteroatoms. The highest BCUT2D eigenvalue weighted by Crippen LogP contribution is 2.33. The minimum absolute atomic E-state index is 0.0180. The number of anilines is 1. The van der Waals surface area contributed by atoms with Crippen LogP contribution in [-0.4, -0.2) is 27.7 Å². The van der Waals surface area contributed by atoms with Crippen molar-refractivity contribution in [3.8, 4) is 17.2 Å². The van der Waals surface area contributed by atoms with Gasteiger partial charge in [0, 0.05) is 0 Å². The summed E-state index contributed by atoms with van der Waals surface area (Å²) in [6.45, 7) is 1.01. The van der Waals surface area contributed by atoms with Gasteiger partial charge in [-0.2, -0.15) is 18.2 Å². The number of nitrogens with zero attached hydrogens (tertiary/aromatic N) is 1. The molecule has 0 fully saturated rings. The molecule has 0 unspecified atom stereocenters. The first-order chi connectivity index (χ1) is 11.3. The van der Waals surface area contributed by atoms with Gasteiger partial charge in [0.2, 0.25) is 17.4 Å². The number of rotatable bonds is 6. The van der Waals surface area contributed by atoms with Crippen molar-refractivity contribution in [2.45, 2.75) is 13.3 Å². The Balaban J connectivity index is 2.40. The Labute approximate surface area is 134 Å². The quantitative estimate of drug-likeness (QED) is 0.699. The molecule has 0 bridgehead atoms. The summed E-state index contributed by atoms with van der Waals surface area (Å²) in [6.07, 6.45) is 0.435. The molecule has 3 N–H and O–H groups in total. The number of carboxylic acids is 1. The van der Waals surface area contributed by atoms with E-state index in [1.165, 1.54) is 18.2 Å². The molecule has 1 aromatic carbocycles. The van der Waals surface area contributed by atoms with Crippen LogP contribution < -0.4 is 10.1 Å². The van der Waals surface area contributed by atoms with Crippen LogP contribution in [0.5, 0.6) is 17.2 Å². The van der Waals surface area contributed by atoms with Crippen molar-refractivity contribution in [1.82, 2.24) is 4.98 Å². The Hall–Kier alpha value is -2.97. The average molecular weight is 342 g/mol. The first-order valence-electron chi connectivity index (χ1n) is 6.83. The maximum atomic E-state index is 14.2. The number of aliphatic carboxylic acids is 1. The van der Waals surface area contributed by atoms with Gasteiger partial charge in [0.1, 0.15) is 18.0 Å². The van der Waals surface area contributed by atoms with E-state index in [1.807, 2.05) is 5.32 Å². The molecule has 0 aliphatic rings. The Kier molecular flexibility index (Phi) is 5.12. The van der Waals surface area contributed by atoms with Crippen LogP contribution in [0.3, 0.4) is 0 Å². The van der Waals surface area contributed by atoms with E-state index >= 15 is 0 Å². The zero-order chi connectivity index (χ0) is 17.9. The van der Waals surface area contributed by atoms with Crippen molar-refractivity contribution >= 4 is 11.8 Å². The summed E-state index contributed by atoms with van der Waals surface area (Å²) in [5.74, 6) is -7.92. The van der Waals surface area contributed by atoms with E-state index in [4.69, 9.17) is 9.84 Å². The molecule has 1 heterocycles. The predicted molar refractivity (Wildman–Crippen MR) is 77.8 cm³/mol. The standard InChI is InChI=1S/C15H13F3N2O4/c1-2-7-5-8(3-4-9(7)21)24-13-11(16)14(18)20-15(12(13)17)19-6-10(22)23/h3-5,21H,2,6H2,1H3,(H,19,20)(H,22,23). The van der Waals surface area contributed by atoms with Gasteiger partial charge < -0.3 is 20.3 Å². The largest absolute Gasteiger partial charge is 0.508 e. The number of benzene rings is 1. The third-order valence-electron chi connectivity index (χ3n) is 3.06. The Morgan fingerprint density at radius 2 is 2.00 bits per heavy atom. The number of hydrogen-bond donors (Lipinski definition) is 3. The fourth-order valence-electron chi connectivity index (χ4n) is 1.89. The van der Waals surface area contributed by atoms with E-state index in [0.717, 1.165) is 0 Å². The fourth-order valence-corrected chi connectivity index (χ4v) is 1.89. The normalized spacial score (nSPS) is 10.5. The second kappa shape index (κ2) is 7.07. The number of phenolic OH excluding ortho intramolecular Hbond substituents is 1. The zero-order valence-electron chi connectivity index (χ0n) is 12.4. The summed E-state index contributed by atoms with van der Waals surface area (Å²) < 4.78 is 46.5. The second-order valence-electron chi connectivity index (χ2n) is 4.70. The maximum absolute atomic E-state index is 14.2. The number of aryl methyl sites for hydroxylation is 1. The molecule has 0 aliphatic heterocycles. The first-order valence-corrected chi connectivity index (χ1v) is 6.83. The number of halogens is 3. The first kappa shape index (κ1) is 17.4. The van der Waals surface area contributed by atoms with Crippen LogP contribution in [0.15, 0.2) is 18.2 Å². The summed E-state index contributed by atoms with van der Waals surface area (Å²) in [6, 6.07) is 3.86. The number of carboxylic acid groups (broad SMARTS) is 1. The van der Waals surface area contributed by atoms with E-state index in [2.05, 4.69) is 4.98 Å². The second-order valence-corrected chi connectivity index (χ2v) is 4.70. The number of phenols is 1. The van der Waals surface area contributed by atoms with Crippen molar-refractivity contribution in [2.75, 3.05) is 11.9 Å². The van der Waals surface area contributed by atoms with Gasteiger partial charge in [-0.15, -0.1) is 0 Å². The molecular weight excluding hydrogens is 329 g/mol. The van der Waals surface area contributed by atoms with Gasteiger partial charge in [0.25, 0.3) is 5.95 Å². The molecule has 2 aromatic rings. The van der Waals surface area contributed by atoms with Crippen molar-refractivity contribution in [1.29, 1.82) is 0 Å². The Morgan fingerprint density at radius 3 is 2.62 bits per heavy atom. The smallest absolute Gasteiger partial charge is 0.322 e. The summed E-state index contributed by atoms with van der Waals surface area (Å²) in [4.78, 5) is 13.5. The summed E-state index contributed by atoms with van der Waals surface area (Å²) in [7, 11) is 0. The molecule has 1 aromatic heterocycles. The minimum Gasteiger partial charge on any atom is -0.508 e. The fraction of sp³-hybridized carbons (Fsp3) is 0.200. The van der Waals surface area contributed by atoms with Gasteiger partial charge in [0.15, 0.2) is 5.82 Å². The number of carbonyl (C=O) groups is 1. The number of hydrogen-bond acceptors (Lipinski definition) is 5. The third-order valence-corrected chi connectivity index (χ3v) is 3.06. The topological polar surface area (TPSA) is 91.7 Å². The SMILES string of the molecule is CCc1cc(Oc2c(F)c(F)nc(NCC(=O)O)c2F)ccc1O. The molecule has 2 rings (SSSR count). The highest BCUT2D eigenvalue weighted by Gasteiger charge is 2.23. The summed E-state index contributed by atoms with van der Waals surface area (Å²) in [5.41, 5.74) is 0.465. The van der Waals surface area contributed by atoms with Crippen LogP contribution in [0.2, 0.25) is 0 Å². The average Bonchev–Trinajstić information content (AvgIpc) is 2.55. The molecule has 0 radical (unpaired) electrons. The summed E-state index contributed by atoms with van der Waals surface area (Å²) >= 11 is 0. The maximum Gasteiger partial charge on any atom is 0.322 e. The predicted octanol–water partition coefficient (Wildman–Crippen LogP) is 3.06. The molecule has 6 nitrogen and oxygen atoms in total.